The Hall–Kier alpha value is -2.79. The summed E-state index contributed by atoms with van der Waals surface area (Å²) in [6.45, 7) is 0.711. The highest BCUT2D eigenvalue weighted by molar-refractivity contribution is 7.98. The molecule has 1 heterocycles. The van der Waals surface area contributed by atoms with Gasteiger partial charge in [0.25, 0.3) is 0 Å². The molecule has 1 aromatic heterocycles. The van der Waals surface area contributed by atoms with Crippen molar-refractivity contribution >= 4 is 29.4 Å². The second-order valence-electron chi connectivity index (χ2n) is 5.51. The average Bonchev–Trinajstić information content (AvgIpc) is 3.08. The Kier molecular flexibility index (Phi) is 5.69. The molecule has 0 bridgehead atoms. The molecule has 3 aromatic rings. The van der Waals surface area contributed by atoms with E-state index in [2.05, 4.69) is 22.5 Å². The number of benzene rings is 2. The highest BCUT2D eigenvalue weighted by Crippen LogP contribution is 2.19. The van der Waals surface area contributed by atoms with Gasteiger partial charge in [-0.2, -0.15) is 5.10 Å². The summed E-state index contributed by atoms with van der Waals surface area (Å²) in [6, 6.07) is 17.9. The van der Waals surface area contributed by atoms with Gasteiger partial charge in [-0.15, -0.1) is 11.8 Å². The third-order valence-electron chi connectivity index (χ3n) is 3.61. The summed E-state index contributed by atoms with van der Waals surface area (Å²) in [5, 5.41) is 7.19. The van der Waals surface area contributed by atoms with Gasteiger partial charge in [0.2, 0.25) is 5.91 Å². The van der Waals surface area contributed by atoms with Crippen molar-refractivity contribution in [3.05, 3.63) is 84.2 Å². The average molecular weight is 349 g/mol. The molecule has 1 amide bonds. The molecule has 0 saturated carbocycles. The molecule has 0 radical (unpaired) electrons. The summed E-state index contributed by atoms with van der Waals surface area (Å²) in [5.74, 6) is -0.158. The first kappa shape index (κ1) is 17.0. The Labute approximate surface area is 151 Å². The van der Waals surface area contributed by atoms with Gasteiger partial charge in [0.15, 0.2) is 0 Å². The topological polar surface area (TPSA) is 46.9 Å². The van der Waals surface area contributed by atoms with Gasteiger partial charge in [-0.1, -0.05) is 36.4 Å². The normalized spacial score (nSPS) is 10.9. The van der Waals surface area contributed by atoms with Gasteiger partial charge in [0, 0.05) is 28.4 Å². The molecule has 0 aliphatic rings. The molecule has 1 N–H and O–H groups in total. The molecule has 3 rings (SSSR count). The zero-order valence-corrected chi connectivity index (χ0v) is 14.7. The van der Waals surface area contributed by atoms with Crippen LogP contribution in [0.5, 0.6) is 0 Å². The zero-order valence-electron chi connectivity index (χ0n) is 13.9. The van der Waals surface area contributed by atoms with E-state index in [0.29, 0.717) is 6.54 Å². The SMILES string of the molecule is CSc1cccc(NC(=O)/C=C/c2cnn(Cc3ccccc3)c2)c1. The predicted molar refractivity (Wildman–Crippen MR) is 104 cm³/mol. The Morgan fingerprint density at radius 2 is 2.04 bits per heavy atom. The Balaban J connectivity index is 1.59. The van der Waals surface area contributed by atoms with Crippen LogP contribution in [-0.4, -0.2) is 21.9 Å². The molecule has 5 heteroatoms. The number of anilines is 1. The fraction of sp³-hybridized carbons (Fsp3) is 0.100. The first-order valence-electron chi connectivity index (χ1n) is 7.92. The van der Waals surface area contributed by atoms with E-state index in [1.807, 2.05) is 59.6 Å². The van der Waals surface area contributed by atoms with E-state index in [0.717, 1.165) is 16.1 Å². The molecular formula is C20H19N3OS. The number of carbonyl (C=O) groups is 1. The van der Waals surface area contributed by atoms with E-state index in [1.165, 1.54) is 11.6 Å². The molecule has 0 saturated heterocycles. The number of carbonyl (C=O) groups excluding carboxylic acids is 1. The number of nitrogens with zero attached hydrogens (tertiary/aromatic N) is 2. The summed E-state index contributed by atoms with van der Waals surface area (Å²) >= 11 is 1.64. The van der Waals surface area contributed by atoms with Gasteiger partial charge in [0.1, 0.15) is 0 Å². The number of thioether (sulfide) groups is 1. The van der Waals surface area contributed by atoms with Gasteiger partial charge in [-0.05, 0) is 36.1 Å². The minimum absolute atomic E-state index is 0.158. The van der Waals surface area contributed by atoms with Crippen molar-refractivity contribution < 1.29 is 4.79 Å². The number of hydrogen-bond acceptors (Lipinski definition) is 3. The zero-order chi connectivity index (χ0) is 17.5. The van der Waals surface area contributed by atoms with Crippen molar-refractivity contribution in [2.75, 3.05) is 11.6 Å². The number of nitrogens with one attached hydrogen (secondary N) is 1. The van der Waals surface area contributed by atoms with Gasteiger partial charge >= 0.3 is 0 Å². The van der Waals surface area contributed by atoms with Crippen LogP contribution in [0.15, 0.2) is 78.0 Å². The van der Waals surface area contributed by atoms with Crippen LogP contribution in [0.3, 0.4) is 0 Å². The smallest absolute Gasteiger partial charge is 0.248 e. The molecule has 2 aromatic carbocycles. The molecule has 4 nitrogen and oxygen atoms in total. The molecule has 0 aliphatic heterocycles. The van der Waals surface area contributed by atoms with Crippen LogP contribution in [0.2, 0.25) is 0 Å². The Morgan fingerprint density at radius 1 is 1.20 bits per heavy atom. The maximum Gasteiger partial charge on any atom is 0.248 e. The summed E-state index contributed by atoms with van der Waals surface area (Å²) < 4.78 is 1.86. The third-order valence-corrected chi connectivity index (χ3v) is 4.33. The lowest BCUT2D eigenvalue weighted by Crippen LogP contribution is -2.07. The fourth-order valence-electron chi connectivity index (χ4n) is 2.38. The minimum atomic E-state index is -0.158. The van der Waals surface area contributed by atoms with E-state index in [9.17, 15) is 4.79 Å². The summed E-state index contributed by atoms with van der Waals surface area (Å²) in [4.78, 5) is 13.2. The summed E-state index contributed by atoms with van der Waals surface area (Å²) in [5.41, 5.74) is 2.87. The van der Waals surface area contributed by atoms with Gasteiger partial charge < -0.3 is 5.32 Å². The lowest BCUT2D eigenvalue weighted by atomic mass is 10.2. The van der Waals surface area contributed by atoms with Gasteiger partial charge in [0.05, 0.1) is 12.7 Å². The third kappa shape index (κ3) is 5.09. The molecule has 25 heavy (non-hydrogen) atoms. The van der Waals surface area contributed by atoms with E-state index < -0.39 is 0 Å². The first-order chi connectivity index (χ1) is 12.2. The largest absolute Gasteiger partial charge is 0.322 e. The molecular weight excluding hydrogens is 330 g/mol. The van der Waals surface area contributed by atoms with Crippen LogP contribution in [0.25, 0.3) is 6.08 Å². The van der Waals surface area contributed by atoms with Crippen molar-refractivity contribution in [2.45, 2.75) is 11.4 Å². The standard InChI is InChI=1S/C20H19N3OS/c1-25-19-9-5-8-18(12-19)22-20(24)11-10-17-13-21-23(15-17)14-16-6-3-2-4-7-16/h2-13,15H,14H2,1H3,(H,22,24)/b11-10+. The fourth-order valence-corrected chi connectivity index (χ4v) is 2.84. The van der Waals surface area contributed by atoms with Crippen LogP contribution in [0.4, 0.5) is 5.69 Å². The minimum Gasteiger partial charge on any atom is -0.322 e. The molecule has 0 atom stereocenters. The van der Waals surface area contributed by atoms with E-state index in [4.69, 9.17) is 0 Å². The van der Waals surface area contributed by atoms with Crippen molar-refractivity contribution in [3.63, 3.8) is 0 Å². The monoisotopic (exact) mass is 349 g/mol. The second kappa shape index (κ2) is 8.35. The number of aromatic nitrogens is 2. The molecule has 126 valence electrons. The molecule has 0 fully saturated rings. The van der Waals surface area contributed by atoms with Crippen LogP contribution >= 0.6 is 11.8 Å². The number of amides is 1. The lowest BCUT2D eigenvalue weighted by Gasteiger charge is -2.03. The van der Waals surface area contributed by atoms with E-state index in [-0.39, 0.29) is 5.91 Å². The maximum absolute atomic E-state index is 12.1. The highest BCUT2D eigenvalue weighted by atomic mass is 32.2. The van der Waals surface area contributed by atoms with Gasteiger partial charge in [-0.3, -0.25) is 9.48 Å². The van der Waals surface area contributed by atoms with Crippen LogP contribution in [0, 0.1) is 0 Å². The summed E-state index contributed by atoms with van der Waals surface area (Å²) in [7, 11) is 0. The molecule has 0 aliphatic carbocycles. The summed E-state index contributed by atoms with van der Waals surface area (Å²) in [6.07, 6.45) is 8.97. The lowest BCUT2D eigenvalue weighted by molar-refractivity contribution is -0.111. The van der Waals surface area contributed by atoms with Crippen molar-refractivity contribution in [1.29, 1.82) is 0 Å². The highest BCUT2D eigenvalue weighted by Gasteiger charge is 2.01. The van der Waals surface area contributed by atoms with Gasteiger partial charge in [-0.25, -0.2) is 0 Å². The predicted octanol–water partition coefficient (Wildman–Crippen LogP) is 4.31. The molecule has 0 spiro atoms. The second-order valence-corrected chi connectivity index (χ2v) is 6.39. The number of rotatable bonds is 6. The van der Waals surface area contributed by atoms with Crippen molar-refractivity contribution in [2.24, 2.45) is 0 Å². The van der Waals surface area contributed by atoms with Crippen molar-refractivity contribution in [3.8, 4) is 0 Å². The van der Waals surface area contributed by atoms with E-state index in [1.54, 1.807) is 24.0 Å². The quantitative estimate of drug-likeness (QED) is 0.533. The first-order valence-corrected chi connectivity index (χ1v) is 9.15. The van der Waals surface area contributed by atoms with Crippen molar-refractivity contribution in [1.82, 2.24) is 9.78 Å². The van der Waals surface area contributed by atoms with Crippen LogP contribution < -0.4 is 5.32 Å². The Bertz CT molecular complexity index is 871. The molecule has 0 unspecified atom stereocenters. The van der Waals surface area contributed by atoms with Crippen LogP contribution in [-0.2, 0) is 11.3 Å². The van der Waals surface area contributed by atoms with Crippen LogP contribution in [0.1, 0.15) is 11.1 Å². The van der Waals surface area contributed by atoms with E-state index >= 15 is 0 Å². The maximum atomic E-state index is 12.1. The Morgan fingerprint density at radius 3 is 2.84 bits per heavy atom. The number of hydrogen-bond donors (Lipinski definition) is 1.